The third-order valence-corrected chi connectivity index (χ3v) is 2.60. The molecule has 1 rings (SSSR count). The molecule has 0 unspecified atom stereocenters. The van der Waals surface area contributed by atoms with Crippen molar-refractivity contribution in [3.05, 3.63) is 5.82 Å². The van der Waals surface area contributed by atoms with Gasteiger partial charge in [0.05, 0.1) is 0 Å². The van der Waals surface area contributed by atoms with Crippen LogP contribution in [0.15, 0.2) is 5.16 Å². The molecule has 0 aliphatic heterocycles. The van der Waals surface area contributed by atoms with Crippen LogP contribution in [-0.2, 0) is 4.79 Å². The molecule has 0 radical (unpaired) electrons. The van der Waals surface area contributed by atoms with Gasteiger partial charge in [-0.2, -0.15) is 0 Å². The molecule has 84 valence electrons. The van der Waals surface area contributed by atoms with Gasteiger partial charge in [0, 0.05) is 6.42 Å². The zero-order valence-electron chi connectivity index (χ0n) is 9.28. The van der Waals surface area contributed by atoms with Crippen LogP contribution in [0.4, 0.5) is 0 Å². The van der Waals surface area contributed by atoms with Crippen molar-refractivity contribution in [2.75, 3.05) is 11.7 Å². The average molecular weight is 228 g/mol. The molecule has 15 heavy (non-hydrogen) atoms. The summed E-state index contributed by atoms with van der Waals surface area (Å²) in [6.07, 6.45) is 4.37. The highest BCUT2D eigenvalue weighted by Crippen LogP contribution is 2.11. The van der Waals surface area contributed by atoms with Gasteiger partial charge in [-0.3, -0.25) is 10.2 Å². The van der Waals surface area contributed by atoms with E-state index in [1.807, 2.05) is 13.2 Å². The maximum absolute atomic E-state index is 11.5. The monoisotopic (exact) mass is 228 g/mol. The van der Waals surface area contributed by atoms with E-state index in [2.05, 4.69) is 22.5 Å². The van der Waals surface area contributed by atoms with Gasteiger partial charge in [0.15, 0.2) is 0 Å². The Labute approximate surface area is 93.6 Å². The number of rotatable bonds is 5. The number of amides is 1. The minimum Gasteiger partial charge on any atom is -0.273 e. The van der Waals surface area contributed by atoms with Crippen LogP contribution in [-0.4, -0.2) is 27.0 Å². The van der Waals surface area contributed by atoms with Crippen LogP contribution in [0.2, 0.25) is 0 Å². The molecule has 0 aliphatic rings. The quantitative estimate of drug-likeness (QED) is 0.777. The lowest BCUT2D eigenvalue weighted by Crippen LogP contribution is -2.24. The Morgan fingerprint density at radius 2 is 2.27 bits per heavy atom. The lowest BCUT2D eigenvalue weighted by Gasteiger charge is -2.08. The molecule has 0 aromatic carbocycles. The minimum absolute atomic E-state index is 0.00931. The summed E-state index contributed by atoms with van der Waals surface area (Å²) in [5, 5.41) is 8.53. The molecule has 0 spiro atoms. The van der Waals surface area contributed by atoms with Crippen LogP contribution in [0.25, 0.3) is 0 Å². The largest absolute Gasteiger partial charge is 0.273 e. The number of carbonyl (C=O) groups is 1. The Hall–Kier alpha value is -1.04. The third kappa shape index (κ3) is 3.23. The lowest BCUT2D eigenvalue weighted by molar-refractivity contribution is -0.117. The Balaban J connectivity index is 2.62. The third-order valence-electron chi connectivity index (χ3n) is 1.97. The first-order valence-electron chi connectivity index (χ1n) is 4.95. The first-order chi connectivity index (χ1) is 7.19. The molecule has 0 saturated heterocycles. The second-order valence-corrected chi connectivity index (χ2v) is 3.98. The smallest absolute Gasteiger partial charge is 0.238 e. The van der Waals surface area contributed by atoms with Gasteiger partial charge in [-0.15, -0.1) is 10.2 Å². The van der Waals surface area contributed by atoms with Crippen molar-refractivity contribution in [3.8, 4) is 0 Å². The fourth-order valence-electron chi connectivity index (χ4n) is 1.12. The van der Waals surface area contributed by atoms with Crippen molar-refractivity contribution in [3.63, 3.8) is 0 Å². The molecule has 0 fully saturated rings. The summed E-state index contributed by atoms with van der Waals surface area (Å²) in [6, 6.07) is 0. The number of hydrogen-bond donors (Lipinski definition) is 1. The molecule has 5 nitrogen and oxygen atoms in total. The van der Waals surface area contributed by atoms with Gasteiger partial charge in [0.2, 0.25) is 11.1 Å². The highest BCUT2D eigenvalue weighted by Gasteiger charge is 2.09. The molecule has 1 aromatic heterocycles. The lowest BCUT2D eigenvalue weighted by atomic mass is 10.2. The number of thioether (sulfide) groups is 1. The van der Waals surface area contributed by atoms with Gasteiger partial charge in [0.25, 0.3) is 0 Å². The first-order valence-corrected chi connectivity index (χ1v) is 6.17. The van der Waals surface area contributed by atoms with Gasteiger partial charge in [-0.25, -0.2) is 4.68 Å². The van der Waals surface area contributed by atoms with E-state index in [9.17, 15) is 4.79 Å². The summed E-state index contributed by atoms with van der Waals surface area (Å²) >= 11 is 1.46. The molecule has 1 N–H and O–H groups in total. The maximum atomic E-state index is 11.5. The van der Waals surface area contributed by atoms with E-state index in [0.717, 1.165) is 12.8 Å². The van der Waals surface area contributed by atoms with Crippen LogP contribution in [0.5, 0.6) is 0 Å². The second-order valence-electron chi connectivity index (χ2n) is 3.21. The SMILES string of the molecule is CCCCC(=O)Nn1c(C)nnc1SC. The number of unbranched alkanes of at least 4 members (excludes halogenated alkanes) is 1. The molecular weight excluding hydrogens is 212 g/mol. The van der Waals surface area contributed by atoms with Crippen molar-refractivity contribution in [2.24, 2.45) is 0 Å². The molecule has 0 aliphatic carbocycles. The number of nitrogens with one attached hydrogen (secondary N) is 1. The van der Waals surface area contributed by atoms with E-state index in [-0.39, 0.29) is 5.91 Å². The van der Waals surface area contributed by atoms with Crippen LogP contribution >= 0.6 is 11.8 Å². The van der Waals surface area contributed by atoms with E-state index < -0.39 is 0 Å². The zero-order valence-corrected chi connectivity index (χ0v) is 10.1. The van der Waals surface area contributed by atoms with E-state index in [4.69, 9.17) is 0 Å². The number of nitrogens with zero attached hydrogens (tertiary/aromatic N) is 3. The number of carbonyl (C=O) groups excluding carboxylic acids is 1. The van der Waals surface area contributed by atoms with Gasteiger partial charge in [-0.1, -0.05) is 25.1 Å². The highest BCUT2D eigenvalue weighted by molar-refractivity contribution is 7.98. The van der Waals surface area contributed by atoms with Crippen molar-refractivity contribution in [1.29, 1.82) is 0 Å². The normalized spacial score (nSPS) is 10.3. The molecule has 1 heterocycles. The van der Waals surface area contributed by atoms with E-state index >= 15 is 0 Å². The summed E-state index contributed by atoms with van der Waals surface area (Å²) in [7, 11) is 0. The first kappa shape index (κ1) is 12.0. The van der Waals surface area contributed by atoms with E-state index in [1.54, 1.807) is 4.68 Å². The molecule has 0 bridgehead atoms. The van der Waals surface area contributed by atoms with Crippen LogP contribution in [0.1, 0.15) is 32.0 Å². The van der Waals surface area contributed by atoms with Crippen molar-refractivity contribution in [2.45, 2.75) is 38.3 Å². The minimum atomic E-state index is 0.00931. The fourth-order valence-corrected chi connectivity index (χ4v) is 1.60. The van der Waals surface area contributed by atoms with Gasteiger partial charge in [0.1, 0.15) is 5.82 Å². The predicted molar refractivity (Wildman–Crippen MR) is 60.4 cm³/mol. The van der Waals surface area contributed by atoms with Crippen molar-refractivity contribution >= 4 is 17.7 Å². The summed E-state index contributed by atoms with van der Waals surface area (Å²) in [4.78, 5) is 11.5. The number of aryl methyl sites for hydroxylation is 1. The van der Waals surface area contributed by atoms with Crippen molar-refractivity contribution < 1.29 is 4.79 Å². The molecule has 1 amide bonds. The Morgan fingerprint density at radius 3 is 2.87 bits per heavy atom. The standard InChI is InChI=1S/C9H16N4OS/c1-4-5-6-8(14)12-13-7(2)10-11-9(13)15-3/h4-6H2,1-3H3,(H,12,14). The van der Waals surface area contributed by atoms with Crippen LogP contribution in [0.3, 0.4) is 0 Å². The second kappa shape index (κ2) is 5.75. The molecule has 6 heteroatoms. The van der Waals surface area contributed by atoms with Gasteiger partial charge < -0.3 is 0 Å². The average Bonchev–Trinajstić information content (AvgIpc) is 2.57. The summed E-state index contributed by atoms with van der Waals surface area (Å²) in [5.74, 6) is 0.708. The molecular formula is C9H16N4OS. The Kier molecular flexibility index (Phi) is 4.61. The highest BCUT2D eigenvalue weighted by atomic mass is 32.2. The summed E-state index contributed by atoms with van der Waals surface area (Å²) < 4.78 is 1.63. The van der Waals surface area contributed by atoms with E-state index in [1.165, 1.54) is 11.8 Å². The Bertz CT molecular complexity index is 337. The zero-order chi connectivity index (χ0) is 11.3. The van der Waals surface area contributed by atoms with Crippen LogP contribution in [0, 0.1) is 6.92 Å². The van der Waals surface area contributed by atoms with Gasteiger partial charge >= 0.3 is 0 Å². The Morgan fingerprint density at radius 1 is 1.53 bits per heavy atom. The maximum Gasteiger partial charge on any atom is 0.238 e. The van der Waals surface area contributed by atoms with E-state index in [0.29, 0.717) is 17.4 Å². The summed E-state index contributed by atoms with van der Waals surface area (Å²) in [6.45, 7) is 3.87. The van der Waals surface area contributed by atoms with Gasteiger partial charge in [-0.05, 0) is 19.6 Å². The predicted octanol–water partition coefficient (Wildman–Crippen LogP) is 1.57. The van der Waals surface area contributed by atoms with Crippen LogP contribution < -0.4 is 5.43 Å². The number of aromatic nitrogens is 3. The summed E-state index contributed by atoms with van der Waals surface area (Å²) in [5.41, 5.74) is 2.78. The fraction of sp³-hybridized carbons (Fsp3) is 0.667. The molecule has 1 aromatic rings. The topological polar surface area (TPSA) is 59.8 Å². The molecule has 0 atom stereocenters. The molecule has 0 saturated carbocycles. The van der Waals surface area contributed by atoms with Crippen molar-refractivity contribution in [1.82, 2.24) is 14.9 Å². The number of hydrogen-bond acceptors (Lipinski definition) is 4.